The van der Waals surface area contributed by atoms with Crippen molar-refractivity contribution >= 4 is 33.1 Å². The number of methoxy groups -OCH3 is 2. The van der Waals surface area contributed by atoms with Gasteiger partial charge in [-0.1, -0.05) is 30.3 Å². The van der Waals surface area contributed by atoms with Crippen molar-refractivity contribution in [1.82, 2.24) is 9.55 Å². The van der Waals surface area contributed by atoms with Crippen LogP contribution in [-0.4, -0.2) is 29.7 Å². The zero-order valence-corrected chi connectivity index (χ0v) is 18.2. The summed E-state index contributed by atoms with van der Waals surface area (Å²) in [5, 5.41) is 3.32. The number of fused-ring (bicyclic) bond motifs is 1. The van der Waals surface area contributed by atoms with E-state index in [1.54, 1.807) is 25.3 Å². The quantitative estimate of drug-likeness (QED) is 0.493. The lowest BCUT2D eigenvalue weighted by Crippen LogP contribution is -2.28. The van der Waals surface area contributed by atoms with Gasteiger partial charge in [0.2, 0.25) is 5.91 Å². The standard InChI is InChI=1S/C23H21N3O4S/c1-14-20(15-7-5-4-6-8-15)21-22(31-14)24-13-26(23(21)28)12-19(27)25-17-10-9-16(29-2)11-18(17)30-3/h4-11,13H,12H2,1-3H3,(H,25,27). The molecule has 4 rings (SSSR count). The lowest BCUT2D eigenvalue weighted by atomic mass is 10.0. The summed E-state index contributed by atoms with van der Waals surface area (Å²) < 4.78 is 11.8. The molecule has 0 bridgehead atoms. The monoisotopic (exact) mass is 435 g/mol. The third kappa shape index (κ3) is 4.02. The molecule has 2 aromatic carbocycles. The largest absolute Gasteiger partial charge is 0.497 e. The number of hydrogen-bond acceptors (Lipinski definition) is 6. The minimum Gasteiger partial charge on any atom is -0.497 e. The van der Waals surface area contributed by atoms with Gasteiger partial charge in [-0.05, 0) is 24.6 Å². The van der Waals surface area contributed by atoms with Gasteiger partial charge in [0.25, 0.3) is 5.56 Å². The van der Waals surface area contributed by atoms with Crippen molar-refractivity contribution in [1.29, 1.82) is 0 Å². The van der Waals surface area contributed by atoms with Gasteiger partial charge in [-0.2, -0.15) is 0 Å². The molecule has 2 heterocycles. The third-order valence-electron chi connectivity index (χ3n) is 4.91. The Balaban J connectivity index is 1.66. The van der Waals surface area contributed by atoms with Gasteiger partial charge in [0.05, 0.1) is 31.6 Å². The molecule has 0 unspecified atom stereocenters. The van der Waals surface area contributed by atoms with Crippen LogP contribution < -0.4 is 20.3 Å². The second-order valence-corrected chi connectivity index (χ2v) is 8.07. The second kappa shape index (κ2) is 8.61. The van der Waals surface area contributed by atoms with Crippen LogP contribution in [0.25, 0.3) is 21.3 Å². The van der Waals surface area contributed by atoms with E-state index < -0.39 is 0 Å². The molecule has 4 aromatic rings. The summed E-state index contributed by atoms with van der Waals surface area (Å²) in [6, 6.07) is 14.8. The van der Waals surface area contributed by atoms with Gasteiger partial charge in [0.1, 0.15) is 22.9 Å². The molecule has 158 valence electrons. The van der Waals surface area contributed by atoms with Crippen molar-refractivity contribution in [3.63, 3.8) is 0 Å². The summed E-state index contributed by atoms with van der Waals surface area (Å²) in [6.45, 7) is 1.81. The number of carbonyl (C=O) groups is 1. The first-order valence-electron chi connectivity index (χ1n) is 9.57. The van der Waals surface area contributed by atoms with Gasteiger partial charge in [0.15, 0.2) is 0 Å². The van der Waals surface area contributed by atoms with Gasteiger partial charge in [-0.3, -0.25) is 14.2 Å². The summed E-state index contributed by atoms with van der Waals surface area (Å²) in [7, 11) is 3.06. The Labute approximate surface area is 182 Å². The normalized spacial score (nSPS) is 10.8. The van der Waals surface area contributed by atoms with Crippen LogP contribution in [0.15, 0.2) is 59.7 Å². The van der Waals surface area contributed by atoms with Crippen molar-refractivity contribution in [2.45, 2.75) is 13.5 Å². The number of hydrogen-bond donors (Lipinski definition) is 1. The Morgan fingerprint density at radius 1 is 1.13 bits per heavy atom. The maximum Gasteiger partial charge on any atom is 0.263 e. The molecule has 0 radical (unpaired) electrons. The summed E-state index contributed by atoms with van der Waals surface area (Å²) >= 11 is 1.47. The molecule has 0 atom stereocenters. The molecule has 0 aliphatic carbocycles. The molecule has 1 amide bonds. The summed E-state index contributed by atoms with van der Waals surface area (Å²) in [5.41, 5.74) is 2.07. The van der Waals surface area contributed by atoms with Crippen LogP contribution in [0.5, 0.6) is 11.5 Å². The van der Waals surface area contributed by atoms with Gasteiger partial charge >= 0.3 is 0 Å². The molecule has 0 aliphatic rings. The van der Waals surface area contributed by atoms with Crippen molar-refractivity contribution < 1.29 is 14.3 Å². The van der Waals surface area contributed by atoms with E-state index >= 15 is 0 Å². The lowest BCUT2D eigenvalue weighted by Gasteiger charge is -2.12. The minimum absolute atomic E-state index is 0.167. The molecule has 7 nitrogen and oxygen atoms in total. The van der Waals surface area contributed by atoms with E-state index in [9.17, 15) is 9.59 Å². The van der Waals surface area contributed by atoms with E-state index in [2.05, 4.69) is 10.3 Å². The Bertz CT molecular complexity index is 1310. The number of thiophene rings is 1. The Hall–Kier alpha value is -3.65. The third-order valence-corrected chi connectivity index (χ3v) is 5.93. The average molecular weight is 436 g/mol. The molecule has 2 aromatic heterocycles. The fraction of sp³-hybridized carbons (Fsp3) is 0.174. The summed E-state index contributed by atoms with van der Waals surface area (Å²) in [4.78, 5) is 32.0. The van der Waals surface area contributed by atoms with Crippen molar-refractivity contribution in [2.75, 3.05) is 19.5 Å². The minimum atomic E-state index is -0.361. The van der Waals surface area contributed by atoms with Crippen LogP contribution in [0.3, 0.4) is 0 Å². The molecule has 0 saturated heterocycles. The van der Waals surface area contributed by atoms with Gasteiger partial charge in [0, 0.05) is 16.5 Å². The first-order valence-corrected chi connectivity index (χ1v) is 10.4. The van der Waals surface area contributed by atoms with Crippen LogP contribution in [0.1, 0.15) is 4.88 Å². The zero-order valence-electron chi connectivity index (χ0n) is 17.3. The van der Waals surface area contributed by atoms with Gasteiger partial charge in [-0.15, -0.1) is 11.3 Å². The Morgan fingerprint density at radius 3 is 2.61 bits per heavy atom. The lowest BCUT2D eigenvalue weighted by molar-refractivity contribution is -0.116. The van der Waals surface area contributed by atoms with E-state index in [0.717, 1.165) is 16.0 Å². The predicted octanol–water partition coefficient (Wildman–Crippen LogP) is 4.09. The molecule has 8 heteroatoms. The van der Waals surface area contributed by atoms with E-state index in [4.69, 9.17) is 9.47 Å². The number of anilines is 1. The number of benzene rings is 2. The van der Waals surface area contributed by atoms with Crippen molar-refractivity contribution in [3.8, 4) is 22.6 Å². The van der Waals surface area contributed by atoms with Crippen molar-refractivity contribution in [3.05, 3.63) is 70.1 Å². The molecule has 0 spiro atoms. The highest BCUT2D eigenvalue weighted by Gasteiger charge is 2.18. The Kier molecular flexibility index (Phi) is 5.73. The number of carbonyl (C=O) groups excluding carboxylic acids is 1. The number of nitrogens with zero attached hydrogens (tertiary/aromatic N) is 2. The molecule has 0 fully saturated rings. The fourth-order valence-electron chi connectivity index (χ4n) is 3.45. The van der Waals surface area contributed by atoms with E-state index in [0.29, 0.717) is 27.4 Å². The number of amides is 1. The van der Waals surface area contributed by atoms with Crippen molar-refractivity contribution in [2.24, 2.45) is 0 Å². The number of nitrogens with one attached hydrogen (secondary N) is 1. The highest BCUT2D eigenvalue weighted by molar-refractivity contribution is 7.19. The summed E-state index contributed by atoms with van der Waals surface area (Å²) in [5.74, 6) is 0.718. The van der Waals surface area contributed by atoms with Crippen LogP contribution in [-0.2, 0) is 11.3 Å². The first-order chi connectivity index (χ1) is 15.0. The highest BCUT2D eigenvalue weighted by atomic mass is 32.1. The smallest absolute Gasteiger partial charge is 0.263 e. The van der Waals surface area contributed by atoms with Gasteiger partial charge < -0.3 is 14.8 Å². The molecule has 0 aliphatic heterocycles. The van der Waals surface area contributed by atoms with E-state index in [1.807, 2.05) is 37.3 Å². The predicted molar refractivity (Wildman–Crippen MR) is 122 cm³/mol. The average Bonchev–Trinajstić information content (AvgIpc) is 3.13. The topological polar surface area (TPSA) is 82.5 Å². The summed E-state index contributed by atoms with van der Waals surface area (Å²) in [6.07, 6.45) is 1.42. The molecular weight excluding hydrogens is 414 g/mol. The zero-order chi connectivity index (χ0) is 22.0. The number of ether oxygens (including phenoxy) is 2. The highest BCUT2D eigenvalue weighted by Crippen LogP contribution is 2.35. The number of aromatic nitrogens is 2. The fourth-order valence-corrected chi connectivity index (χ4v) is 4.45. The van der Waals surface area contributed by atoms with Crippen LogP contribution >= 0.6 is 11.3 Å². The van der Waals surface area contributed by atoms with E-state index in [-0.39, 0.29) is 18.0 Å². The maximum atomic E-state index is 13.2. The number of rotatable bonds is 6. The van der Waals surface area contributed by atoms with Crippen LogP contribution in [0, 0.1) is 6.92 Å². The van der Waals surface area contributed by atoms with Gasteiger partial charge in [-0.25, -0.2) is 4.98 Å². The molecule has 0 saturated carbocycles. The molecular formula is C23H21N3O4S. The van der Waals surface area contributed by atoms with E-state index in [1.165, 1.54) is 29.3 Å². The maximum absolute atomic E-state index is 13.2. The first kappa shape index (κ1) is 20.6. The molecule has 1 N–H and O–H groups in total. The van der Waals surface area contributed by atoms with Crippen LogP contribution in [0.2, 0.25) is 0 Å². The SMILES string of the molecule is COc1ccc(NC(=O)Cn2cnc3sc(C)c(-c4ccccc4)c3c2=O)c(OC)c1. The second-order valence-electron chi connectivity index (χ2n) is 6.87. The number of aryl methyl sites for hydroxylation is 1. The molecule has 31 heavy (non-hydrogen) atoms. The van der Waals surface area contributed by atoms with Crippen LogP contribution in [0.4, 0.5) is 5.69 Å². The Morgan fingerprint density at radius 2 is 1.90 bits per heavy atom.